The number of nitrogens with zero attached hydrogens (tertiary/aromatic N) is 1. The van der Waals surface area contributed by atoms with E-state index in [1.54, 1.807) is 67.6 Å². The maximum absolute atomic E-state index is 12.8. The standard InChI is InChI=1S/C26H27NO5/c1-27(18-25(28)29)16-15-24(19-7-4-3-5-8-19)32-22-13-11-20(12-14-22)26(30)21-9-6-10-23(17-21)31-2/h3-14,17,24H,15-16,18H2,1-2H3,(H,28,29). The number of hydrogen-bond donors (Lipinski definition) is 1. The number of likely N-dealkylation sites (N-methyl/N-ethyl adjacent to an activating group) is 1. The SMILES string of the molecule is COc1cccc(C(=O)c2ccc(OC(CCN(C)CC(=O)O)c3ccccc3)cc2)c1. The number of carboxylic acid groups (broad SMARTS) is 1. The normalized spacial score (nSPS) is 11.7. The molecule has 0 heterocycles. The molecular weight excluding hydrogens is 406 g/mol. The molecule has 3 aromatic rings. The quantitative estimate of drug-likeness (QED) is 0.450. The first kappa shape index (κ1) is 23.0. The number of aliphatic carboxylic acids is 1. The molecule has 0 saturated heterocycles. The zero-order valence-electron chi connectivity index (χ0n) is 18.2. The highest BCUT2D eigenvalue weighted by Crippen LogP contribution is 2.26. The van der Waals surface area contributed by atoms with Gasteiger partial charge in [-0.3, -0.25) is 14.5 Å². The van der Waals surface area contributed by atoms with Crippen molar-refractivity contribution in [3.8, 4) is 11.5 Å². The smallest absolute Gasteiger partial charge is 0.317 e. The molecule has 0 amide bonds. The molecule has 0 radical (unpaired) electrons. The molecule has 0 spiro atoms. The lowest BCUT2D eigenvalue weighted by Crippen LogP contribution is -2.28. The number of benzene rings is 3. The van der Waals surface area contributed by atoms with Gasteiger partial charge < -0.3 is 14.6 Å². The fourth-order valence-electron chi connectivity index (χ4n) is 3.39. The second-order valence-electron chi connectivity index (χ2n) is 7.52. The summed E-state index contributed by atoms with van der Waals surface area (Å²) in [7, 11) is 3.34. The Bertz CT molecular complexity index is 1030. The molecule has 3 aromatic carbocycles. The van der Waals surface area contributed by atoms with Crippen LogP contribution in [0, 0.1) is 0 Å². The second kappa shape index (κ2) is 11.1. The number of hydrogen-bond acceptors (Lipinski definition) is 5. The van der Waals surface area contributed by atoms with Gasteiger partial charge in [-0.1, -0.05) is 42.5 Å². The Morgan fingerprint density at radius 1 is 0.906 bits per heavy atom. The molecule has 0 aromatic heterocycles. The number of carbonyl (C=O) groups excluding carboxylic acids is 1. The zero-order valence-corrected chi connectivity index (χ0v) is 18.2. The first-order chi connectivity index (χ1) is 15.5. The fourth-order valence-corrected chi connectivity index (χ4v) is 3.39. The van der Waals surface area contributed by atoms with Crippen molar-refractivity contribution in [1.29, 1.82) is 0 Å². The second-order valence-corrected chi connectivity index (χ2v) is 7.52. The van der Waals surface area contributed by atoms with Crippen molar-refractivity contribution in [2.45, 2.75) is 12.5 Å². The Morgan fingerprint density at radius 3 is 2.28 bits per heavy atom. The highest BCUT2D eigenvalue weighted by Gasteiger charge is 2.16. The van der Waals surface area contributed by atoms with Gasteiger partial charge in [0, 0.05) is 24.1 Å². The molecule has 0 fully saturated rings. The molecular formula is C26H27NO5. The average Bonchev–Trinajstić information content (AvgIpc) is 2.82. The molecule has 1 N–H and O–H groups in total. The first-order valence-corrected chi connectivity index (χ1v) is 10.4. The lowest BCUT2D eigenvalue weighted by molar-refractivity contribution is -0.138. The maximum Gasteiger partial charge on any atom is 0.317 e. The summed E-state index contributed by atoms with van der Waals surface area (Å²) in [5.41, 5.74) is 2.12. The highest BCUT2D eigenvalue weighted by atomic mass is 16.5. The molecule has 6 nitrogen and oxygen atoms in total. The Hall–Kier alpha value is -3.64. The Labute approximate surface area is 188 Å². The predicted molar refractivity (Wildman–Crippen MR) is 122 cm³/mol. The molecule has 0 saturated carbocycles. The van der Waals surface area contributed by atoms with Gasteiger partial charge in [0.05, 0.1) is 13.7 Å². The average molecular weight is 434 g/mol. The number of ether oxygens (including phenoxy) is 2. The van der Waals surface area contributed by atoms with Gasteiger partial charge in [0.2, 0.25) is 0 Å². The molecule has 6 heteroatoms. The maximum atomic E-state index is 12.8. The van der Waals surface area contributed by atoms with Crippen LogP contribution in [0.5, 0.6) is 11.5 Å². The first-order valence-electron chi connectivity index (χ1n) is 10.4. The van der Waals surface area contributed by atoms with Crippen molar-refractivity contribution in [3.05, 3.63) is 95.6 Å². The van der Waals surface area contributed by atoms with Crippen LogP contribution in [0.2, 0.25) is 0 Å². The van der Waals surface area contributed by atoms with Crippen molar-refractivity contribution >= 4 is 11.8 Å². The minimum absolute atomic E-state index is 0.0252. The van der Waals surface area contributed by atoms with Crippen molar-refractivity contribution in [2.24, 2.45) is 0 Å². The summed E-state index contributed by atoms with van der Waals surface area (Å²) in [5, 5.41) is 8.98. The summed E-state index contributed by atoms with van der Waals surface area (Å²) in [4.78, 5) is 25.5. The van der Waals surface area contributed by atoms with E-state index in [4.69, 9.17) is 14.6 Å². The van der Waals surface area contributed by atoms with Crippen molar-refractivity contribution in [3.63, 3.8) is 0 Å². The van der Waals surface area contributed by atoms with Crippen LogP contribution in [0.4, 0.5) is 0 Å². The molecule has 166 valence electrons. The topological polar surface area (TPSA) is 76.1 Å². The molecule has 3 rings (SSSR count). The van der Waals surface area contributed by atoms with E-state index in [0.29, 0.717) is 35.6 Å². The molecule has 32 heavy (non-hydrogen) atoms. The van der Waals surface area contributed by atoms with E-state index < -0.39 is 5.97 Å². The van der Waals surface area contributed by atoms with Crippen LogP contribution < -0.4 is 9.47 Å². The third-order valence-electron chi connectivity index (χ3n) is 5.08. The summed E-state index contributed by atoms with van der Waals surface area (Å²) >= 11 is 0. The van der Waals surface area contributed by atoms with Gasteiger partial charge in [0.15, 0.2) is 5.78 Å². The number of ketones is 1. The van der Waals surface area contributed by atoms with E-state index in [1.165, 1.54) is 0 Å². The van der Waals surface area contributed by atoms with E-state index >= 15 is 0 Å². The number of carboxylic acids is 1. The van der Waals surface area contributed by atoms with E-state index in [9.17, 15) is 9.59 Å². The number of carbonyl (C=O) groups is 2. The van der Waals surface area contributed by atoms with E-state index in [1.807, 2.05) is 30.3 Å². The van der Waals surface area contributed by atoms with Gasteiger partial charge in [-0.15, -0.1) is 0 Å². The predicted octanol–water partition coefficient (Wildman–Crippen LogP) is 4.45. The lowest BCUT2D eigenvalue weighted by Gasteiger charge is -2.22. The van der Waals surface area contributed by atoms with Crippen LogP contribution in [0.3, 0.4) is 0 Å². The zero-order chi connectivity index (χ0) is 22.9. The Kier molecular flexibility index (Phi) is 8.00. The third kappa shape index (κ3) is 6.43. The summed E-state index contributed by atoms with van der Waals surface area (Å²) in [6.07, 6.45) is 0.380. The lowest BCUT2D eigenvalue weighted by atomic mass is 10.0. The van der Waals surface area contributed by atoms with Gasteiger partial charge in [-0.05, 0) is 49.0 Å². The van der Waals surface area contributed by atoms with E-state index in [0.717, 1.165) is 5.56 Å². The van der Waals surface area contributed by atoms with Gasteiger partial charge in [0.1, 0.15) is 17.6 Å². The monoisotopic (exact) mass is 433 g/mol. The molecule has 0 aliphatic carbocycles. The Balaban J connectivity index is 1.72. The van der Waals surface area contributed by atoms with Gasteiger partial charge >= 0.3 is 5.97 Å². The minimum Gasteiger partial charge on any atom is -0.497 e. The number of methoxy groups -OCH3 is 1. The van der Waals surface area contributed by atoms with Crippen LogP contribution in [0.15, 0.2) is 78.9 Å². The van der Waals surface area contributed by atoms with Crippen LogP contribution in [-0.2, 0) is 4.79 Å². The van der Waals surface area contributed by atoms with Crippen LogP contribution in [0.25, 0.3) is 0 Å². The van der Waals surface area contributed by atoms with Gasteiger partial charge in [-0.2, -0.15) is 0 Å². The summed E-state index contributed by atoms with van der Waals surface area (Å²) < 4.78 is 11.4. The largest absolute Gasteiger partial charge is 0.497 e. The summed E-state index contributed by atoms with van der Waals surface area (Å²) in [6, 6.07) is 23.9. The van der Waals surface area contributed by atoms with E-state index in [-0.39, 0.29) is 18.4 Å². The molecule has 0 bridgehead atoms. The van der Waals surface area contributed by atoms with Crippen LogP contribution in [-0.4, -0.2) is 49.0 Å². The van der Waals surface area contributed by atoms with Crippen LogP contribution in [0.1, 0.15) is 34.0 Å². The summed E-state index contributed by atoms with van der Waals surface area (Å²) in [5.74, 6) is 0.322. The van der Waals surface area contributed by atoms with Crippen LogP contribution >= 0.6 is 0 Å². The van der Waals surface area contributed by atoms with Crippen molar-refractivity contribution < 1.29 is 24.2 Å². The van der Waals surface area contributed by atoms with Crippen molar-refractivity contribution in [2.75, 3.05) is 27.2 Å². The molecule has 1 unspecified atom stereocenters. The highest BCUT2D eigenvalue weighted by molar-refractivity contribution is 6.09. The Morgan fingerprint density at radius 2 is 1.62 bits per heavy atom. The molecule has 1 atom stereocenters. The minimum atomic E-state index is -0.860. The molecule has 0 aliphatic heterocycles. The molecule has 0 aliphatic rings. The van der Waals surface area contributed by atoms with E-state index in [2.05, 4.69) is 0 Å². The van der Waals surface area contributed by atoms with Gasteiger partial charge in [-0.25, -0.2) is 0 Å². The summed E-state index contributed by atoms with van der Waals surface area (Å²) in [6.45, 7) is 0.543. The van der Waals surface area contributed by atoms with Crippen molar-refractivity contribution in [1.82, 2.24) is 4.90 Å². The number of rotatable bonds is 11. The third-order valence-corrected chi connectivity index (χ3v) is 5.08. The van der Waals surface area contributed by atoms with Gasteiger partial charge in [0.25, 0.3) is 0 Å². The fraction of sp³-hybridized carbons (Fsp3) is 0.231.